The van der Waals surface area contributed by atoms with Crippen LogP contribution in [0.4, 0.5) is 0 Å². The molecule has 7 nitrogen and oxygen atoms in total. The van der Waals surface area contributed by atoms with E-state index in [-0.39, 0.29) is 47.8 Å². The third-order valence-electron chi connectivity index (χ3n) is 0.213. The minimum atomic E-state index is -5.05. The number of hydrogen-bond acceptors (Lipinski definition) is 3. The molecule has 4 N–H and O–H groups in total. The Labute approximate surface area is 96.0 Å². The second-order valence-corrected chi connectivity index (χ2v) is 3.68. The van der Waals surface area contributed by atoms with Gasteiger partial charge in [0.2, 0.25) is 0 Å². The van der Waals surface area contributed by atoms with E-state index >= 15 is 0 Å². The molecular formula is H5CoNaO7P2. The van der Waals surface area contributed by atoms with Crippen LogP contribution in [0.5, 0.6) is 0 Å². The molecule has 0 bridgehead atoms. The number of rotatable bonds is 2. The molecule has 0 heterocycles. The van der Waals surface area contributed by atoms with E-state index in [1.54, 1.807) is 0 Å². The molecule has 0 aromatic heterocycles. The molecule has 0 aromatic rings. The molecule has 0 aliphatic rings. The molecule has 67 valence electrons. The molecule has 1 radical (unpaired) electrons. The first-order valence-corrected chi connectivity index (χ1v) is 4.59. The number of hydrogen-bond donors (Lipinski definition) is 4. The average molecular weight is 261 g/mol. The summed E-state index contributed by atoms with van der Waals surface area (Å²) in [4.78, 5) is 31.0. The Morgan fingerprint density at radius 1 is 1.00 bits per heavy atom. The van der Waals surface area contributed by atoms with Gasteiger partial charge in [-0.15, -0.1) is 0 Å². The van der Waals surface area contributed by atoms with Gasteiger partial charge in [0.05, 0.1) is 0 Å². The van der Waals surface area contributed by atoms with Crippen molar-refractivity contribution in [1.29, 1.82) is 0 Å². The van der Waals surface area contributed by atoms with Gasteiger partial charge in [0.1, 0.15) is 0 Å². The van der Waals surface area contributed by atoms with Crippen molar-refractivity contribution >= 4 is 15.6 Å². The van der Waals surface area contributed by atoms with E-state index < -0.39 is 15.6 Å². The maximum atomic E-state index is 9.63. The van der Waals surface area contributed by atoms with E-state index in [9.17, 15) is 9.13 Å². The van der Waals surface area contributed by atoms with Gasteiger partial charge in [-0.25, -0.2) is 9.13 Å². The largest absolute Gasteiger partial charge is 1.00 e. The Morgan fingerprint density at radius 2 is 1.18 bits per heavy atom. The molecule has 0 saturated heterocycles. The van der Waals surface area contributed by atoms with E-state index in [1.165, 1.54) is 0 Å². The van der Waals surface area contributed by atoms with Crippen LogP contribution in [0.1, 0.15) is 1.43 Å². The van der Waals surface area contributed by atoms with Crippen molar-refractivity contribution in [1.82, 2.24) is 0 Å². The summed E-state index contributed by atoms with van der Waals surface area (Å²) in [6.07, 6.45) is 0. The van der Waals surface area contributed by atoms with Crippen molar-refractivity contribution in [2.45, 2.75) is 0 Å². The van der Waals surface area contributed by atoms with Crippen LogP contribution in [0.25, 0.3) is 0 Å². The van der Waals surface area contributed by atoms with E-state index in [0.29, 0.717) is 0 Å². The summed E-state index contributed by atoms with van der Waals surface area (Å²) in [6, 6.07) is 0. The predicted octanol–water partition coefficient (Wildman–Crippen LogP) is -3.70. The van der Waals surface area contributed by atoms with Gasteiger partial charge >= 0.3 is 45.2 Å². The first-order chi connectivity index (χ1) is 3.71. The summed E-state index contributed by atoms with van der Waals surface area (Å²) in [7, 11) is -10.1. The fourth-order valence-electron chi connectivity index (χ4n) is 0.139. The third kappa shape index (κ3) is 18.6. The average Bonchev–Trinajstić information content (AvgIpc) is 1.14. The first kappa shape index (κ1) is 18.5. The summed E-state index contributed by atoms with van der Waals surface area (Å²) >= 11 is 0. The molecule has 0 unspecified atom stereocenters. The fourth-order valence-corrected chi connectivity index (χ4v) is 1.25. The smallest absolute Gasteiger partial charge is 1.00 e. The Hall–Kier alpha value is 1.77. The van der Waals surface area contributed by atoms with E-state index in [4.69, 9.17) is 19.6 Å². The standard InChI is InChI=1S/Co.Na.H4O7P2.H/c;;1-8(2,3)7-9(4,5)6;/h;;(H2,1,2,3)(H2,4,5,6);/q;+1;;-1. The van der Waals surface area contributed by atoms with Gasteiger partial charge in [-0.2, -0.15) is 4.31 Å². The van der Waals surface area contributed by atoms with Gasteiger partial charge in [0, 0.05) is 16.8 Å². The Kier molecular flexibility index (Phi) is 10.5. The Balaban J connectivity index is -0.000000107. The molecule has 0 saturated carbocycles. The van der Waals surface area contributed by atoms with Crippen LogP contribution in [0.2, 0.25) is 0 Å². The van der Waals surface area contributed by atoms with Crippen LogP contribution in [0.15, 0.2) is 0 Å². The van der Waals surface area contributed by atoms with Crippen LogP contribution < -0.4 is 29.6 Å². The maximum Gasteiger partial charge on any atom is 1.00 e. The Bertz CT molecular complexity index is 162. The van der Waals surface area contributed by atoms with E-state index in [1.807, 2.05) is 0 Å². The molecule has 0 amide bonds. The molecule has 0 aliphatic heterocycles. The second-order valence-electron chi connectivity index (χ2n) is 1.06. The van der Waals surface area contributed by atoms with Crippen LogP contribution >= 0.6 is 15.6 Å². The van der Waals surface area contributed by atoms with Crippen molar-refractivity contribution in [2.24, 2.45) is 0 Å². The normalized spacial score (nSPS) is 11.3. The summed E-state index contributed by atoms with van der Waals surface area (Å²) in [5.74, 6) is 0. The monoisotopic (exact) mass is 261 g/mol. The number of phosphoric acid groups is 2. The van der Waals surface area contributed by atoms with Crippen molar-refractivity contribution in [3.05, 3.63) is 0 Å². The van der Waals surface area contributed by atoms with Crippen molar-refractivity contribution in [3.8, 4) is 0 Å². The van der Waals surface area contributed by atoms with Gasteiger partial charge in [0.15, 0.2) is 0 Å². The summed E-state index contributed by atoms with van der Waals surface area (Å²) < 4.78 is 22.2. The van der Waals surface area contributed by atoms with Crippen molar-refractivity contribution in [2.75, 3.05) is 0 Å². The first-order valence-electron chi connectivity index (χ1n) is 1.53. The zero-order chi connectivity index (χ0) is 7.71. The fraction of sp³-hybridized carbons (Fsp3) is 0. The molecular weight excluding hydrogens is 256 g/mol. The second kappa shape index (κ2) is 6.26. The molecule has 11 heteroatoms. The third-order valence-corrected chi connectivity index (χ3v) is 1.91. The summed E-state index contributed by atoms with van der Waals surface area (Å²) in [5, 5.41) is 0. The van der Waals surface area contributed by atoms with Gasteiger partial charge in [-0.3, -0.25) is 0 Å². The van der Waals surface area contributed by atoms with E-state index in [2.05, 4.69) is 4.31 Å². The van der Waals surface area contributed by atoms with Gasteiger partial charge in [0.25, 0.3) is 0 Å². The van der Waals surface area contributed by atoms with Crippen molar-refractivity contribution < 1.29 is 80.8 Å². The quantitative estimate of drug-likeness (QED) is 0.298. The van der Waals surface area contributed by atoms with Crippen LogP contribution in [0, 0.1) is 0 Å². The summed E-state index contributed by atoms with van der Waals surface area (Å²) in [5.41, 5.74) is 0. The molecule has 11 heavy (non-hydrogen) atoms. The van der Waals surface area contributed by atoms with Crippen LogP contribution in [0.3, 0.4) is 0 Å². The van der Waals surface area contributed by atoms with Gasteiger partial charge < -0.3 is 21.0 Å². The molecule has 0 fully saturated rings. The summed E-state index contributed by atoms with van der Waals surface area (Å²) in [6.45, 7) is 0. The molecule has 0 rings (SSSR count). The van der Waals surface area contributed by atoms with E-state index in [0.717, 1.165) is 0 Å². The Morgan fingerprint density at radius 3 is 1.18 bits per heavy atom. The zero-order valence-corrected chi connectivity index (χ0v) is 10.1. The van der Waals surface area contributed by atoms with Crippen molar-refractivity contribution in [3.63, 3.8) is 0 Å². The van der Waals surface area contributed by atoms with Crippen LogP contribution in [-0.4, -0.2) is 19.6 Å². The molecule has 0 atom stereocenters. The minimum Gasteiger partial charge on any atom is -1.00 e. The zero-order valence-electron chi connectivity index (χ0n) is 6.24. The minimum absolute atomic E-state index is 0. The SMILES string of the molecule is O=P(O)(O)OP(=O)(O)O.[Co].[H-].[Na+]. The molecule has 0 spiro atoms. The topological polar surface area (TPSA) is 124 Å². The van der Waals surface area contributed by atoms with Gasteiger partial charge in [-0.05, 0) is 0 Å². The molecule has 0 aromatic carbocycles. The predicted molar refractivity (Wildman–Crippen MR) is 26.3 cm³/mol. The molecule has 0 aliphatic carbocycles. The maximum absolute atomic E-state index is 9.63. The van der Waals surface area contributed by atoms with Gasteiger partial charge in [-0.1, -0.05) is 0 Å². The van der Waals surface area contributed by atoms with Crippen LogP contribution in [-0.2, 0) is 30.2 Å².